The molecule has 0 aliphatic carbocycles. The quantitative estimate of drug-likeness (QED) is 0.634. The van der Waals surface area contributed by atoms with Crippen molar-refractivity contribution in [3.63, 3.8) is 0 Å². The Labute approximate surface area is 156 Å². The molecule has 1 fully saturated rings. The highest BCUT2D eigenvalue weighted by molar-refractivity contribution is 6.07. The fraction of sp³-hybridized carbons (Fsp3) is 0.263. The van der Waals surface area contributed by atoms with Gasteiger partial charge in [0.05, 0.1) is 30.2 Å². The average molecular weight is 368 g/mol. The van der Waals surface area contributed by atoms with Crippen molar-refractivity contribution in [2.45, 2.75) is 0 Å². The van der Waals surface area contributed by atoms with Crippen LogP contribution in [0.3, 0.4) is 0 Å². The number of carbonyl (C=O) groups is 3. The highest BCUT2D eigenvalue weighted by Crippen LogP contribution is 2.18. The maximum atomic E-state index is 12.5. The second-order valence-corrected chi connectivity index (χ2v) is 6.02. The summed E-state index contributed by atoms with van der Waals surface area (Å²) in [7, 11) is 1.29. The maximum Gasteiger partial charge on any atom is 0.339 e. The number of para-hydroxylation sites is 1. The summed E-state index contributed by atoms with van der Waals surface area (Å²) in [6, 6.07) is 10.1. The van der Waals surface area contributed by atoms with Crippen molar-refractivity contribution in [2.75, 3.05) is 43.5 Å². The van der Waals surface area contributed by atoms with Gasteiger partial charge < -0.3 is 19.9 Å². The molecule has 27 heavy (non-hydrogen) atoms. The van der Waals surface area contributed by atoms with Crippen molar-refractivity contribution in [3.05, 3.63) is 53.9 Å². The van der Waals surface area contributed by atoms with E-state index in [9.17, 15) is 14.4 Å². The van der Waals surface area contributed by atoms with Gasteiger partial charge in [0, 0.05) is 26.2 Å². The Kier molecular flexibility index (Phi) is 5.65. The van der Waals surface area contributed by atoms with Crippen molar-refractivity contribution < 1.29 is 19.1 Å². The number of carbonyl (C=O) groups excluding carboxylic acids is 3. The number of ether oxygens (including phenoxy) is 1. The van der Waals surface area contributed by atoms with E-state index in [1.54, 1.807) is 41.4 Å². The number of rotatable bonds is 5. The Morgan fingerprint density at radius 1 is 1.11 bits per heavy atom. The minimum atomic E-state index is -0.524. The van der Waals surface area contributed by atoms with Crippen molar-refractivity contribution in [1.82, 2.24) is 9.88 Å². The smallest absolute Gasteiger partial charge is 0.339 e. The lowest BCUT2D eigenvalue weighted by Crippen LogP contribution is -2.45. The van der Waals surface area contributed by atoms with Crippen LogP contribution in [0.25, 0.3) is 0 Å². The Morgan fingerprint density at radius 3 is 2.48 bits per heavy atom. The zero-order valence-corrected chi connectivity index (χ0v) is 14.9. The Morgan fingerprint density at radius 2 is 1.85 bits per heavy atom. The summed E-state index contributed by atoms with van der Waals surface area (Å²) in [6.07, 6.45) is 2.49. The molecule has 1 aromatic carbocycles. The molecule has 0 radical (unpaired) electrons. The number of benzene rings is 1. The summed E-state index contributed by atoms with van der Waals surface area (Å²) < 4.78 is 4.73. The van der Waals surface area contributed by atoms with Crippen LogP contribution in [0.4, 0.5) is 11.4 Å². The molecule has 1 aliphatic heterocycles. The third-order valence-electron chi connectivity index (χ3n) is 4.39. The molecule has 8 heteroatoms. The predicted molar refractivity (Wildman–Crippen MR) is 99.8 cm³/mol. The molecular formula is C19H20N4O4. The molecule has 0 atom stereocenters. The van der Waals surface area contributed by atoms with Gasteiger partial charge in [-0.1, -0.05) is 12.1 Å². The lowest BCUT2D eigenvalue weighted by Gasteiger charge is -2.33. The molecular weight excluding hydrogens is 348 g/mol. The highest BCUT2D eigenvalue weighted by atomic mass is 16.5. The minimum Gasteiger partial charge on any atom is -0.465 e. The van der Waals surface area contributed by atoms with Crippen molar-refractivity contribution in [2.24, 2.45) is 0 Å². The van der Waals surface area contributed by atoms with Gasteiger partial charge in [-0.25, -0.2) is 9.78 Å². The fourth-order valence-corrected chi connectivity index (χ4v) is 2.86. The van der Waals surface area contributed by atoms with E-state index >= 15 is 0 Å². The molecule has 3 rings (SSSR count). The molecule has 1 saturated heterocycles. The number of hydrogen-bond acceptors (Lipinski definition) is 6. The van der Waals surface area contributed by atoms with Gasteiger partial charge in [-0.15, -0.1) is 0 Å². The van der Waals surface area contributed by atoms with Crippen LogP contribution in [0.2, 0.25) is 0 Å². The van der Waals surface area contributed by atoms with Crippen LogP contribution >= 0.6 is 0 Å². The van der Waals surface area contributed by atoms with Crippen LogP contribution in [-0.4, -0.2) is 61.5 Å². The lowest BCUT2D eigenvalue weighted by molar-refractivity contribution is -0.118. The standard InChI is InChI=1S/C19H20N4O4/c1-27-19(26)15-4-2-3-5-16(15)21-18(25)17-7-6-14(12-20-17)23-10-8-22(13-24)9-11-23/h2-7,12-13H,8-11H2,1H3,(H,21,25). The van der Waals surface area contributed by atoms with Gasteiger partial charge >= 0.3 is 5.97 Å². The number of nitrogens with zero attached hydrogens (tertiary/aromatic N) is 3. The summed E-state index contributed by atoms with van der Waals surface area (Å²) in [6.45, 7) is 2.77. The summed E-state index contributed by atoms with van der Waals surface area (Å²) in [4.78, 5) is 43.1. The molecule has 1 aliphatic rings. The lowest BCUT2D eigenvalue weighted by atomic mass is 10.1. The Balaban J connectivity index is 1.68. The fourth-order valence-electron chi connectivity index (χ4n) is 2.86. The zero-order valence-electron chi connectivity index (χ0n) is 14.9. The molecule has 2 heterocycles. The first kappa shape index (κ1) is 18.4. The van der Waals surface area contributed by atoms with Crippen LogP contribution in [0.1, 0.15) is 20.8 Å². The molecule has 2 amide bonds. The van der Waals surface area contributed by atoms with Gasteiger partial charge in [0.25, 0.3) is 5.91 Å². The average Bonchev–Trinajstić information content (AvgIpc) is 2.73. The molecule has 2 aromatic rings. The van der Waals surface area contributed by atoms with E-state index in [1.807, 2.05) is 6.07 Å². The molecule has 140 valence electrons. The van der Waals surface area contributed by atoms with Gasteiger partial charge in [0.2, 0.25) is 6.41 Å². The summed E-state index contributed by atoms with van der Waals surface area (Å²) in [5.41, 5.74) is 1.78. The zero-order chi connectivity index (χ0) is 19.2. The van der Waals surface area contributed by atoms with Crippen LogP contribution in [-0.2, 0) is 9.53 Å². The van der Waals surface area contributed by atoms with Gasteiger partial charge in [0.15, 0.2) is 0 Å². The van der Waals surface area contributed by atoms with Crippen molar-refractivity contribution >= 4 is 29.7 Å². The topological polar surface area (TPSA) is 91.8 Å². The van der Waals surface area contributed by atoms with E-state index in [2.05, 4.69) is 15.2 Å². The summed E-state index contributed by atoms with van der Waals surface area (Å²) >= 11 is 0. The molecule has 0 spiro atoms. The number of piperazine rings is 1. The molecule has 0 unspecified atom stereocenters. The van der Waals surface area contributed by atoms with E-state index in [0.29, 0.717) is 18.8 Å². The van der Waals surface area contributed by atoms with Crippen LogP contribution in [0, 0.1) is 0 Å². The normalized spacial score (nSPS) is 13.8. The van der Waals surface area contributed by atoms with Crippen molar-refractivity contribution in [1.29, 1.82) is 0 Å². The number of amides is 2. The molecule has 1 N–H and O–H groups in total. The molecule has 8 nitrogen and oxygen atoms in total. The molecule has 1 aromatic heterocycles. The number of pyridine rings is 1. The van der Waals surface area contributed by atoms with Gasteiger partial charge in [-0.2, -0.15) is 0 Å². The van der Waals surface area contributed by atoms with Gasteiger partial charge in [-0.05, 0) is 24.3 Å². The largest absolute Gasteiger partial charge is 0.465 e. The number of hydrogen-bond donors (Lipinski definition) is 1. The van der Waals surface area contributed by atoms with E-state index in [1.165, 1.54) is 7.11 Å². The van der Waals surface area contributed by atoms with E-state index in [-0.39, 0.29) is 11.3 Å². The second-order valence-electron chi connectivity index (χ2n) is 6.02. The third-order valence-corrected chi connectivity index (χ3v) is 4.39. The van der Waals surface area contributed by atoms with Gasteiger partial charge in [0.1, 0.15) is 5.69 Å². The molecule has 0 saturated carbocycles. The van der Waals surface area contributed by atoms with Crippen LogP contribution < -0.4 is 10.2 Å². The predicted octanol–water partition coefficient (Wildman–Crippen LogP) is 1.40. The Bertz CT molecular complexity index is 830. The number of aromatic nitrogens is 1. The first-order chi connectivity index (χ1) is 13.1. The number of anilines is 2. The van der Waals surface area contributed by atoms with E-state index < -0.39 is 11.9 Å². The van der Waals surface area contributed by atoms with Crippen molar-refractivity contribution in [3.8, 4) is 0 Å². The number of nitrogens with one attached hydrogen (secondary N) is 1. The SMILES string of the molecule is COC(=O)c1ccccc1NC(=O)c1ccc(N2CCN(C=O)CC2)cn1. The maximum absolute atomic E-state index is 12.5. The van der Waals surface area contributed by atoms with Crippen LogP contribution in [0.15, 0.2) is 42.6 Å². The van der Waals surface area contributed by atoms with E-state index in [4.69, 9.17) is 4.74 Å². The van der Waals surface area contributed by atoms with E-state index in [0.717, 1.165) is 25.2 Å². The second kappa shape index (κ2) is 8.31. The third kappa shape index (κ3) is 4.22. The minimum absolute atomic E-state index is 0.241. The highest BCUT2D eigenvalue weighted by Gasteiger charge is 2.18. The first-order valence-corrected chi connectivity index (χ1v) is 8.51. The molecule has 0 bridgehead atoms. The summed E-state index contributed by atoms with van der Waals surface area (Å²) in [5, 5.41) is 2.69. The van der Waals surface area contributed by atoms with Crippen LogP contribution in [0.5, 0.6) is 0 Å². The summed E-state index contributed by atoms with van der Waals surface area (Å²) in [5.74, 6) is -0.938. The number of esters is 1. The number of methoxy groups -OCH3 is 1. The Hall–Kier alpha value is -3.42. The monoisotopic (exact) mass is 368 g/mol. The first-order valence-electron chi connectivity index (χ1n) is 8.51. The van der Waals surface area contributed by atoms with Gasteiger partial charge in [-0.3, -0.25) is 9.59 Å².